The summed E-state index contributed by atoms with van der Waals surface area (Å²) in [4.78, 5) is 13.2. The molecule has 0 bridgehead atoms. The molecule has 0 fully saturated rings. The van der Waals surface area contributed by atoms with Gasteiger partial charge in [0.05, 0.1) is 25.3 Å². The Morgan fingerprint density at radius 1 is 1.32 bits per heavy atom. The fraction of sp³-hybridized carbons (Fsp3) is 0.312. The van der Waals surface area contributed by atoms with Crippen molar-refractivity contribution in [2.75, 3.05) is 32.5 Å². The van der Waals surface area contributed by atoms with Crippen LogP contribution in [0.5, 0.6) is 0 Å². The van der Waals surface area contributed by atoms with Crippen LogP contribution in [-0.2, 0) is 14.8 Å². The molecule has 1 heterocycles. The van der Waals surface area contributed by atoms with E-state index in [0.29, 0.717) is 12.2 Å². The Morgan fingerprint density at radius 2 is 2.08 bits per heavy atom. The number of nitrogens with two attached hydrogens (primary N) is 2. The molecule has 1 aromatic heterocycles. The highest BCUT2D eigenvalue weighted by Crippen LogP contribution is 2.13. The third kappa shape index (κ3) is 5.68. The Morgan fingerprint density at radius 3 is 2.68 bits per heavy atom. The van der Waals surface area contributed by atoms with Crippen LogP contribution in [0.3, 0.4) is 0 Å². The molecule has 6 N–H and O–H groups in total. The molecule has 0 spiro atoms. The number of furan rings is 1. The topological polar surface area (TPSA) is 123 Å². The average Bonchev–Trinajstić information content (AvgIpc) is 3.04. The molecule has 1 amide bonds. The molecule has 8 nitrogen and oxygen atoms in total. The highest BCUT2D eigenvalue weighted by atomic mass is 32.2. The van der Waals surface area contributed by atoms with Gasteiger partial charge in [-0.3, -0.25) is 4.79 Å². The fourth-order valence-corrected chi connectivity index (χ4v) is 3.03. The molecule has 1 aromatic carbocycles. The third-order valence-electron chi connectivity index (χ3n) is 3.76. The summed E-state index contributed by atoms with van der Waals surface area (Å²) < 4.78 is 28.1. The van der Waals surface area contributed by atoms with Gasteiger partial charge >= 0.3 is 0 Å². The van der Waals surface area contributed by atoms with Gasteiger partial charge < -0.3 is 20.0 Å². The lowest BCUT2D eigenvalue weighted by Gasteiger charge is -2.17. The van der Waals surface area contributed by atoms with Gasteiger partial charge in [0, 0.05) is 5.69 Å². The fourth-order valence-electron chi connectivity index (χ4n) is 2.47. The van der Waals surface area contributed by atoms with Crippen molar-refractivity contribution in [3.63, 3.8) is 0 Å². The lowest BCUT2D eigenvalue weighted by atomic mass is 10.2. The quantitative estimate of drug-likeness (QED) is 0.444. The number of carbonyl (C=O) groups excluding carboxylic acids is 1. The Labute approximate surface area is 147 Å². The second-order valence-corrected chi connectivity index (χ2v) is 7.56. The summed E-state index contributed by atoms with van der Waals surface area (Å²) >= 11 is 0. The molecule has 0 aliphatic heterocycles. The van der Waals surface area contributed by atoms with Crippen LogP contribution in [0.15, 0.2) is 52.0 Å². The normalized spacial score (nSPS) is 13.0. The summed E-state index contributed by atoms with van der Waals surface area (Å²) in [5, 5.41) is 9.65. The number of nitrogens with one attached hydrogen (secondary N) is 2. The summed E-state index contributed by atoms with van der Waals surface area (Å²) in [7, 11) is 0.259. The highest BCUT2D eigenvalue weighted by molar-refractivity contribution is 7.89. The molecular weight excluding hydrogens is 344 g/mol. The first-order valence-electron chi connectivity index (χ1n) is 7.85. The van der Waals surface area contributed by atoms with Crippen LogP contribution < -0.4 is 20.7 Å². The molecule has 0 aliphatic rings. The number of likely N-dealkylation sites (N-methyl/N-ethyl adjacent to an activating group) is 1. The minimum absolute atomic E-state index is 0.0385. The van der Waals surface area contributed by atoms with Gasteiger partial charge in [-0.25, -0.2) is 13.6 Å². The minimum Gasteiger partial charge on any atom is -0.463 e. The van der Waals surface area contributed by atoms with Crippen molar-refractivity contribution < 1.29 is 27.8 Å². The SMILES string of the molecule is C[NH+](C)[C@@H](C[NH2+]CC(=O)Nc1cccc(S(N)(=O)=O)c1)c1ccco1. The first kappa shape index (κ1) is 19.1. The molecule has 1 atom stereocenters. The van der Waals surface area contributed by atoms with E-state index in [9.17, 15) is 13.2 Å². The lowest BCUT2D eigenvalue weighted by molar-refractivity contribution is -0.909. The monoisotopic (exact) mass is 368 g/mol. The van der Waals surface area contributed by atoms with Crippen molar-refractivity contribution in [3.8, 4) is 0 Å². The van der Waals surface area contributed by atoms with Crippen LogP contribution in [0.1, 0.15) is 11.8 Å². The van der Waals surface area contributed by atoms with Gasteiger partial charge in [0.1, 0.15) is 6.54 Å². The van der Waals surface area contributed by atoms with Crippen LogP contribution in [0.4, 0.5) is 5.69 Å². The molecule has 2 rings (SSSR count). The molecule has 0 saturated heterocycles. The maximum Gasteiger partial charge on any atom is 0.279 e. The second-order valence-electron chi connectivity index (χ2n) is 5.99. The van der Waals surface area contributed by atoms with Crippen molar-refractivity contribution in [3.05, 3.63) is 48.4 Å². The summed E-state index contributed by atoms with van der Waals surface area (Å²) in [5.41, 5.74) is 0.394. The number of primary sulfonamides is 1. The Kier molecular flexibility index (Phi) is 6.32. The molecule has 0 unspecified atom stereocenters. The summed E-state index contributed by atoms with van der Waals surface area (Å²) in [6.45, 7) is 0.893. The predicted molar refractivity (Wildman–Crippen MR) is 92.4 cm³/mol. The van der Waals surface area contributed by atoms with Gasteiger partial charge in [-0.2, -0.15) is 0 Å². The van der Waals surface area contributed by atoms with Gasteiger partial charge in [0.2, 0.25) is 10.0 Å². The van der Waals surface area contributed by atoms with Crippen molar-refractivity contribution >= 4 is 21.6 Å². The third-order valence-corrected chi connectivity index (χ3v) is 4.67. The van der Waals surface area contributed by atoms with Crippen LogP contribution in [0.2, 0.25) is 0 Å². The molecule has 9 heteroatoms. The summed E-state index contributed by atoms with van der Waals surface area (Å²) in [6.07, 6.45) is 1.64. The van der Waals surface area contributed by atoms with Gasteiger partial charge in [0.25, 0.3) is 5.91 Å². The predicted octanol–water partition coefficient (Wildman–Crippen LogP) is -1.69. The van der Waals surface area contributed by atoms with E-state index in [1.54, 1.807) is 12.3 Å². The number of hydrogen-bond donors (Lipinski definition) is 4. The smallest absolute Gasteiger partial charge is 0.279 e. The summed E-state index contributed by atoms with van der Waals surface area (Å²) in [5.74, 6) is 0.649. The second kappa shape index (κ2) is 8.26. The van der Waals surface area contributed by atoms with E-state index in [2.05, 4.69) is 5.32 Å². The molecule has 0 radical (unpaired) electrons. The van der Waals surface area contributed by atoms with Crippen LogP contribution in [0, 0.1) is 0 Å². The maximum absolute atomic E-state index is 12.1. The number of sulfonamides is 1. The number of amides is 1. The first-order valence-corrected chi connectivity index (χ1v) is 9.40. The molecule has 25 heavy (non-hydrogen) atoms. The van der Waals surface area contributed by atoms with E-state index in [4.69, 9.17) is 9.56 Å². The van der Waals surface area contributed by atoms with Crippen molar-refractivity contribution in [2.45, 2.75) is 10.9 Å². The first-order chi connectivity index (χ1) is 11.8. The van der Waals surface area contributed by atoms with Gasteiger partial charge in [0.15, 0.2) is 18.3 Å². The van der Waals surface area contributed by atoms with E-state index in [0.717, 1.165) is 5.76 Å². The number of benzene rings is 1. The highest BCUT2D eigenvalue weighted by Gasteiger charge is 2.23. The lowest BCUT2D eigenvalue weighted by Crippen LogP contribution is -3.09. The zero-order valence-corrected chi connectivity index (χ0v) is 15.0. The van der Waals surface area contributed by atoms with E-state index in [1.807, 2.05) is 31.5 Å². The standard InChI is InChI=1S/C16H22N4O4S/c1-20(2)14(15-7-4-8-24-15)10-18-11-16(21)19-12-5-3-6-13(9-12)25(17,22)23/h3-9,14,18H,10-11H2,1-2H3,(H,19,21)(H2,17,22,23)/p+2/t14-/m0/s1. The number of hydrogen-bond acceptors (Lipinski definition) is 4. The average molecular weight is 368 g/mol. The Hall–Kier alpha value is -2.20. The molecule has 0 aliphatic carbocycles. The van der Waals surface area contributed by atoms with Gasteiger partial charge in [-0.05, 0) is 30.3 Å². The van der Waals surface area contributed by atoms with E-state index < -0.39 is 10.0 Å². The number of carbonyl (C=O) groups is 1. The zero-order chi connectivity index (χ0) is 18.4. The Balaban J connectivity index is 1.89. The van der Waals surface area contributed by atoms with E-state index in [-0.39, 0.29) is 23.4 Å². The zero-order valence-electron chi connectivity index (χ0n) is 14.2. The van der Waals surface area contributed by atoms with Crippen LogP contribution in [0.25, 0.3) is 0 Å². The van der Waals surface area contributed by atoms with Gasteiger partial charge in [-0.1, -0.05) is 6.07 Å². The largest absolute Gasteiger partial charge is 0.463 e. The molecular formula is C16H24N4O4S+2. The van der Waals surface area contributed by atoms with Crippen LogP contribution >= 0.6 is 0 Å². The number of quaternary nitrogens is 2. The van der Waals surface area contributed by atoms with Crippen molar-refractivity contribution in [1.29, 1.82) is 0 Å². The van der Waals surface area contributed by atoms with E-state index in [1.165, 1.54) is 23.1 Å². The van der Waals surface area contributed by atoms with E-state index >= 15 is 0 Å². The molecule has 2 aromatic rings. The summed E-state index contributed by atoms with van der Waals surface area (Å²) in [6, 6.07) is 9.76. The number of rotatable bonds is 8. The molecule has 136 valence electrons. The minimum atomic E-state index is -3.80. The maximum atomic E-state index is 12.1. The molecule has 0 saturated carbocycles. The van der Waals surface area contributed by atoms with Crippen molar-refractivity contribution in [2.24, 2.45) is 5.14 Å². The number of anilines is 1. The van der Waals surface area contributed by atoms with Crippen LogP contribution in [-0.4, -0.2) is 41.5 Å². The van der Waals surface area contributed by atoms with Gasteiger partial charge in [-0.15, -0.1) is 0 Å². The Bertz CT molecular complexity index is 803. The van der Waals surface area contributed by atoms with Crippen molar-refractivity contribution in [1.82, 2.24) is 0 Å².